The highest BCUT2D eigenvalue weighted by Crippen LogP contribution is 2.23. The molecule has 0 radical (unpaired) electrons. The Bertz CT molecular complexity index is 349. The third-order valence-electron chi connectivity index (χ3n) is 3.15. The molecule has 1 fully saturated rings. The Balaban J connectivity index is 1.96. The summed E-state index contributed by atoms with van der Waals surface area (Å²) in [4.78, 5) is 2.45. The Morgan fingerprint density at radius 3 is 2.67 bits per heavy atom. The number of rotatable bonds is 2. The number of likely N-dealkylation sites (tertiary alicyclic amines) is 1. The monoisotopic (exact) mass is 199 g/mol. The Morgan fingerprint density at radius 1 is 1.33 bits per heavy atom. The van der Waals surface area contributed by atoms with Crippen LogP contribution in [0, 0.1) is 24.2 Å². The summed E-state index contributed by atoms with van der Waals surface area (Å²) in [5.74, 6) is 3.96. The summed E-state index contributed by atoms with van der Waals surface area (Å²) >= 11 is 0. The van der Waals surface area contributed by atoms with Gasteiger partial charge in [-0.1, -0.05) is 37.3 Å². The molecule has 2 unspecified atom stereocenters. The molecule has 2 atom stereocenters. The van der Waals surface area contributed by atoms with Crippen LogP contribution in [0.5, 0.6) is 0 Å². The number of hydrogen-bond acceptors (Lipinski definition) is 1. The van der Waals surface area contributed by atoms with Crippen molar-refractivity contribution >= 4 is 0 Å². The van der Waals surface area contributed by atoms with E-state index in [0.717, 1.165) is 19.6 Å². The van der Waals surface area contributed by atoms with Gasteiger partial charge in [0.2, 0.25) is 0 Å². The van der Waals surface area contributed by atoms with Gasteiger partial charge in [-0.05, 0) is 11.5 Å². The lowest BCUT2D eigenvalue weighted by atomic mass is 10.00. The molecule has 1 aromatic rings. The molecule has 0 bridgehead atoms. The smallest absolute Gasteiger partial charge is 0.0365 e. The van der Waals surface area contributed by atoms with Crippen molar-refractivity contribution in [2.45, 2.75) is 13.5 Å². The highest BCUT2D eigenvalue weighted by molar-refractivity contribution is 5.15. The van der Waals surface area contributed by atoms with E-state index in [1.807, 2.05) is 0 Å². The molecule has 1 aliphatic heterocycles. The minimum absolute atomic E-state index is 0.439. The minimum Gasteiger partial charge on any atom is -0.298 e. The van der Waals surface area contributed by atoms with Crippen LogP contribution in [0.4, 0.5) is 0 Å². The third kappa shape index (κ3) is 2.40. The van der Waals surface area contributed by atoms with Crippen molar-refractivity contribution in [1.82, 2.24) is 4.90 Å². The van der Waals surface area contributed by atoms with Gasteiger partial charge >= 0.3 is 0 Å². The standard InChI is InChI=1S/C14H17N/c1-3-14-11-15(9-12(14)2)10-13-7-5-4-6-8-13/h1,4-8,12,14H,9-11H2,2H3. The summed E-state index contributed by atoms with van der Waals surface area (Å²) < 4.78 is 0. The maximum Gasteiger partial charge on any atom is 0.0365 e. The van der Waals surface area contributed by atoms with E-state index in [0.29, 0.717) is 11.8 Å². The topological polar surface area (TPSA) is 3.24 Å². The fraction of sp³-hybridized carbons (Fsp3) is 0.429. The van der Waals surface area contributed by atoms with Crippen molar-refractivity contribution in [3.8, 4) is 12.3 Å². The highest BCUT2D eigenvalue weighted by atomic mass is 15.1. The Labute approximate surface area is 92.1 Å². The van der Waals surface area contributed by atoms with Crippen molar-refractivity contribution < 1.29 is 0 Å². The molecule has 1 heterocycles. The highest BCUT2D eigenvalue weighted by Gasteiger charge is 2.27. The molecule has 1 nitrogen and oxygen atoms in total. The number of nitrogens with zero attached hydrogens (tertiary/aromatic N) is 1. The zero-order valence-corrected chi connectivity index (χ0v) is 9.19. The van der Waals surface area contributed by atoms with Gasteiger partial charge in [0.15, 0.2) is 0 Å². The first-order chi connectivity index (χ1) is 7.29. The second-order valence-corrected chi connectivity index (χ2v) is 4.43. The van der Waals surface area contributed by atoms with Gasteiger partial charge in [-0.25, -0.2) is 0 Å². The first-order valence-corrected chi connectivity index (χ1v) is 5.52. The van der Waals surface area contributed by atoms with Crippen LogP contribution in [-0.4, -0.2) is 18.0 Å². The zero-order valence-electron chi connectivity index (χ0n) is 9.19. The van der Waals surface area contributed by atoms with E-state index in [2.05, 4.69) is 48.1 Å². The summed E-state index contributed by atoms with van der Waals surface area (Å²) in [5.41, 5.74) is 1.38. The fourth-order valence-electron chi connectivity index (χ4n) is 2.25. The van der Waals surface area contributed by atoms with E-state index < -0.39 is 0 Å². The normalized spacial score (nSPS) is 26.4. The second kappa shape index (κ2) is 4.51. The van der Waals surface area contributed by atoms with Crippen LogP contribution in [0.2, 0.25) is 0 Å². The Morgan fingerprint density at radius 2 is 2.07 bits per heavy atom. The molecule has 2 rings (SSSR count). The van der Waals surface area contributed by atoms with E-state index >= 15 is 0 Å². The molecule has 78 valence electrons. The summed E-state index contributed by atoms with van der Waals surface area (Å²) in [6.07, 6.45) is 5.50. The van der Waals surface area contributed by atoms with Gasteiger partial charge in [-0.15, -0.1) is 12.3 Å². The molecule has 0 aromatic heterocycles. The van der Waals surface area contributed by atoms with Crippen molar-refractivity contribution in [2.75, 3.05) is 13.1 Å². The van der Waals surface area contributed by atoms with Gasteiger partial charge in [-0.3, -0.25) is 4.90 Å². The molecular formula is C14H17N. The molecule has 0 amide bonds. The predicted molar refractivity (Wildman–Crippen MR) is 63.2 cm³/mol. The first-order valence-electron chi connectivity index (χ1n) is 5.52. The van der Waals surface area contributed by atoms with Crippen LogP contribution >= 0.6 is 0 Å². The van der Waals surface area contributed by atoms with Crippen LogP contribution < -0.4 is 0 Å². The average Bonchev–Trinajstić information content (AvgIpc) is 2.60. The summed E-state index contributed by atoms with van der Waals surface area (Å²) in [5, 5.41) is 0. The van der Waals surface area contributed by atoms with Gasteiger partial charge in [-0.2, -0.15) is 0 Å². The number of terminal acetylenes is 1. The lowest BCUT2D eigenvalue weighted by molar-refractivity contribution is 0.318. The number of hydrogen-bond donors (Lipinski definition) is 0. The molecule has 15 heavy (non-hydrogen) atoms. The molecule has 0 N–H and O–H groups in total. The van der Waals surface area contributed by atoms with Crippen molar-refractivity contribution in [1.29, 1.82) is 0 Å². The molecule has 0 spiro atoms. The first kappa shape index (κ1) is 10.3. The third-order valence-corrected chi connectivity index (χ3v) is 3.15. The van der Waals surface area contributed by atoms with Gasteiger partial charge < -0.3 is 0 Å². The summed E-state index contributed by atoms with van der Waals surface area (Å²) in [6.45, 7) is 5.45. The Hall–Kier alpha value is -1.26. The van der Waals surface area contributed by atoms with E-state index in [9.17, 15) is 0 Å². The van der Waals surface area contributed by atoms with Crippen LogP contribution in [0.25, 0.3) is 0 Å². The molecule has 1 saturated heterocycles. The largest absolute Gasteiger partial charge is 0.298 e. The molecule has 0 aliphatic carbocycles. The second-order valence-electron chi connectivity index (χ2n) is 4.43. The predicted octanol–water partition coefficient (Wildman–Crippen LogP) is 2.39. The van der Waals surface area contributed by atoms with Crippen LogP contribution in [0.3, 0.4) is 0 Å². The maximum absolute atomic E-state index is 5.50. The van der Waals surface area contributed by atoms with Crippen LogP contribution in [-0.2, 0) is 6.54 Å². The van der Waals surface area contributed by atoms with Crippen molar-refractivity contribution in [2.24, 2.45) is 11.8 Å². The van der Waals surface area contributed by atoms with Crippen molar-refractivity contribution in [3.05, 3.63) is 35.9 Å². The lowest BCUT2D eigenvalue weighted by Gasteiger charge is -2.14. The van der Waals surface area contributed by atoms with Gasteiger partial charge in [0.25, 0.3) is 0 Å². The SMILES string of the molecule is C#CC1CN(Cc2ccccc2)CC1C. The van der Waals surface area contributed by atoms with E-state index in [1.165, 1.54) is 5.56 Å². The zero-order chi connectivity index (χ0) is 10.7. The van der Waals surface area contributed by atoms with Gasteiger partial charge in [0.1, 0.15) is 0 Å². The van der Waals surface area contributed by atoms with E-state index in [1.54, 1.807) is 0 Å². The van der Waals surface area contributed by atoms with Crippen LogP contribution in [0.15, 0.2) is 30.3 Å². The molecule has 1 heteroatoms. The van der Waals surface area contributed by atoms with Gasteiger partial charge in [0.05, 0.1) is 0 Å². The Kier molecular flexibility index (Phi) is 3.08. The molecule has 1 aromatic carbocycles. The van der Waals surface area contributed by atoms with E-state index in [-0.39, 0.29) is 0 Å². The summed E-state index contributed by atoms with van der Waals surface area (Å²) in [7, 11) is 0. The average molecular weight is 199 g/mol. The van der Waals surface area contributed by atoms with E-state index in [4.69, 9.17) is 6.42 Å². The van der Waals surface area contributed by atoms with Crippen LogP contribution in [0.1, 0.15) is 12.5 Å². The number of benzene rings is 1. The molecular weight excluding hydrogens is 182 g/mol. The maximum atomic E-state index is 5.50. The summed E-state index contributed by atoms with van der Waals surface area (Å²) in [6, 6.07) is 10.6. The van der Waals surface area contributed by atoms with Crippen molar-refractivity contribution in [3.63, 3.8) is 0 Å². The lowest BCUT2D eigenvalue weighted by Crippen LogP contribution is -2.20. The molecule has 0 saturated carbocycles. The minimum atomic E-state index is 0.439. The van der Waals surface area contributed by atoms with Gasteiger partial charge in [0, 0.05) is 25.6 Å². The fourth-order valence-corrected chi connectivity index (χ4v) is 2.25. The quantitative estimate of drug-likeness (QED) is 0.661. The molecule has 1 aliphatic rings.